The summed E-state index contributed by atoms with van der Waals surface area (Å²) in [5.74, 6) is -3.51. The number of nitrogens with zero attached hydrogens (tertiary/aromatic N) is 3. The summed E-state index contributed by atoms with van der Waals surface area (Å²) in [5, 5.41) is 11.4. The fourth-order valence-corrected chi connectivity index (χ4v) is 8.26. The van der Waals surface area contributed by atoms with E-state index in [1.54, 1.807) is 31.2 Å². The molecule has 7 atom stereocenters. The number of carbonyl (C=O) groups excluding carboxylic acids is 7. The molecular formula is C40H50ClN7O8. The molecule has 6 rings (SSSR count). The number of fused-ring (bicyclic) bond motifs is 3. The molecule has 0 bridgehead atoms. The molecule has 16 heteroatoms. The molecule has 0 spiro atoms. The number of benzene rings is 2. The second-order valence-corrected chi connectivity index (χ2v) is 15.8. The molecule has 0 saturated carbocycles. The van der Waals surface area contributed by atoms with Crippen molar-refractivity contribution in [3.8, 4) is 0 Å². The van der Waals surface area contributed by atoms with Crippen LogP contribution < -0.4 is 21.3 Å². The van der Waals surface area contributed by atoms with Gasteiger partial charge in [-0.3, -0.25) is 24.0 Å². The molecule has 4 N–H and O–H groups in total. The number of piperidine rings is 1. The maximum atomic E-state index is 14.5. The first-order valence-electron chi connectivity index (χ1n) is 19.4. The van der Waals surface area contributed by atoms with Crippen molar-refractivity contribution in [2.24, 2.45) is 5.92 Å². The first kappa shape index (κ1) is 40.5. The monoisotopic (exact) mass is 791 g/mol. The molecule has 56 heavy (non-hydrogen) atoms. The molecule has 7 amide bonds. The van der Waals surface area contributed by atoms with Gasteiger partial charge in [0.25, 0.3) is 0 Å². The number of anilines is 1. The fraction of sp³-hybridized carbons (Fsp3) is 0.525. The van der Waals surface area contributed by atoms with Crippen molar-refractivity contribution in [1.29, 1.82) is 0 Å². The Balaban J connectivity index is 1.30. The van der Waals surface area contributed by atoms with E-state index in [0.717, 1.165) is 11.1 Å². The van der Waals surface area contributed by atoms with Gasteiger partial charge in [-0.15, -0.1) is 0 Å². The molecule has 4 fully saturated rings. The van der Waals surface area contributed by atoms with Crippen molar-refractivity contribution >= 4 is 58.8 Å². The van der Waals surface area contributed by atoms with E-state index in [-0.39, 0.29) is 25.4 Å². The predicted molar refractivity (Wildman–Crippen MR) is 206 cm³/mol. The smallest absolute Gasteiger partial charge is 0.328 e. The summed E-state index contributed by atoms with van der Waals surface area (Å²) in [6.45, 7) is 5.54. The molecule has 0 radical (unpaired) electrons. The van der Waals surface area contributed by atoms with Crippen LogP contribution in [-0.4, -0.2) is 119 Å². The third-order valence-corrected chi connectivity index (χ3v) is 11.2. The van der Waals surface area contributed by atoms with Crippen LogP contribution >= 0.6 is 11.6 Å². The number of nitrogens with one attached hydrogen (secondary N) is 4. The van der Waals surface area contributed by atoms with Crippen LogP contribution in [0.3, 0.4) is 0 Å². The third kappa shape index (κ3) is 9.43. The van der Waals surface area contributed by atoms with E-state index < -0.39 is 84.4 Å². The van der Waals surface area contributed by atoms with Gasteiger partial charge in [0.2, 0.25) is 29.5 Å². The van der Waals surface area contributed by atoms with Gasteiger partial charge in [-0.25, -0.2) is 9.59 Å². The highest BCUT2D eigenvalue weighted by molar-refractivity contribution is 6.30. The van der Waals surface area contributed by atoms with Crippen molar-refractivity contribution in [3.63, 3.8) is 0 Å². The lowest BCUT2D eigenvalue weighted by atomic mass is 9.99. The van der Waals surface area contributed by atoms with Crippen molar-refractivity contribution in [2.45, 2.75) is 102 Å². The van der Waals surface area contributed by atoms with Gasteiger partial charge in [-0.05, 0) is 88.1 Å². The van der Waals surface area contributed by atoms with Crippen LogP contribution in [-0.2, 0) is 39.9 Å². The minimum atomic E-state index is -1.45. The van der Waals surface area contributed by atoms with Crippen molar-refractivity contribution < 1.29 is 38.3 Å². The number of esters is 1. The Labute approximate surface area is 331 Å². The van der Waals surface area contributed by atoms with Crippen LogP contribution in [0.1, 0.15) is 63.5 Å². The molecule has 15 nitrogen and oxygen atoms in total. The molecule has 0 aromatic heterocycles. The maximum Gasteiger partial charge on any atom is 0.328 e. The van der Waals surface area contributed by atoms with Crippen LogP contribution in [0, 0.1) is 12.8 Å². The highest BCUT2D eigenvalue weighted by atomic mass is 35.5. The zero-order chi connectivity index (χ0) is 40.1. The second-order valence-electron chi connectivity index (χ2n) is 15.4. The minimum absolute atomic E-state index is 0.0529. The van der Waals surface area contributed by atoms with Crippen LogP contribution in [0.5, 0.6) is 0 Å². The first-order chi connectivity index (χ1) is 26.8. The normalized spacial score (nSPS) is 26.7. The molecular weight excluding hydrogens is 742 g/mol. The number of aryl methyl sites for hydroxylation is 1. The second kappa shape index (κ2) is 17.7. The Morgan fingerprint density at radius 2 is 1.59 bits per heavy atom. The van der Waals surface area contributed by atoms with E-state index in [1.807, 2.05) is 38.1 Å². The van der Waals surface area contributed by atoms with Crippen LogP contribution in [0.2, 0.25) is 5.02 Å². The van der Waals surface area contributed by atoms with Gasteiger partial charge in [-0.2, -0.15) is 0 Å². The number of hydrogen-bond donors (Lipinski definition) is 4. The number of hydrogen-bond acceptors (Lipinski definition) is 8. The number of ether oxygens (including phenoxy) is 1. The van der Waals surface area contributed by atoms with E-state index in [4.69, 9.17) is 16.3 Å². The van der Waals surface area contributed by atoms with Gasteiger partial charge in [0.05, 0.1) is 0 Å². The Morgan fingerprint density at radius 3 is 2.34 bits per heavy atom. The summed E-state index contributed by atoms with van der Waals surface area (Å²) in [6, 6.07) is 6.83. The molecule has 0 unspecified atom stereocenters. The lowest BCUT2D eigenvalue weighted by Gasteiger charge is -2.39. The fourth-order valence-electron chi connectivity index (χ4n) is 8.13. The molecule has 4 saturated heterocycles. The van der Waals surface area contributed by atoms with E-state index in [0.29, 0.717) is 55.8 Å². The topological polar surface area (TPSA) is 187 Å². The third-order valence-electron chi connectivity index (χ3n) is 11.0. The van der Waals surface area contributed by atoms with Crippen molar-refractivity contribution in [2.75, 3.05) is 31.6 Å². The van der Waals surface area contributed by atoms with E-state index in [9.17, 15) is 33.6 Å². The Bertz CT molecular complexity index is 1840. The predicted octanol–water partition coefficient (Wildman–Crippen LogP) is 2.54. The first-order valence-corrected chi connectivity index (χ1v) is 19.7. The van der Waals surface area contributed by atoms with Gasteiger partial charge in [0, 0.05) is 36.8 Å². The zero-order valence-electron chi connectivity index (χ0n) is 31.9. The van der Waals surface area contributed by atoms with Gasteiger partial charge in [-0.1, -0.05) is 48.4 Å². The standard InChI is InChI=1S/C40H50ClN7O8/c1-23-8-6-9-26(18-23)20-29(45-40(55)43-28-14-12-27(41)13-15-28)34(49)44-30-22-56-39(54)33-19-24(2)21-48(33)36(51)25(3)42-35(50)31-10-4-5-16-46(31)38(53)32-11-7-17-47(32)37(30)52/h6,8-9,12-15,18,24-25,29-33H,4-5,7,10-11,16-17,19-22H2,1-3H3,(H,42,50)(H,44,49)(H2,43,45,55)/t24-,25+,29+,30+,31+,32+,33+/m1/s1. The number of halogens is 1. The molecule has 2 aromatic carbocycles. The Hall–Kier alpha value is -5.18. The lowest BCUT2D eigenvalue weighted by molar-refractivity contribution is -0.158. The van der Waals surface area contributed by atoms with Gasteiger partial charge >= 0.3 is 12.0 Å². The summed E-state index contributed by atoms with van der Waals surface area (Å²) in [4.78, 5) is 102. The molecule has 4 heterocycles. The van der Waals surface area contributed by atoms with Gasteiger partial charge in [0.15, 0.2) is 0 Å². The Morgan fingerprint density at radius 1 is 0.875 bits per heavy atom. The average Bonchev–Trinajstić information content (AvgIpc) is 3.83. The van der Waals surface area contributed by atoms with E-state index >= 15 is 0 Å². The molecule has 300 valence electrons. The zero-order valence-corrected chi connectivity index (χ0v) is 32.7. The molecule has 0 aliphatic carbocycles. The van der Waals surface area contributed by atoms with E-state index in [1.165, 1.54) is 14.7 Å². The van der Waals surface area contributed by atoms with E-state index in [2.05, 4.69) is 21.3 Å². The van der Waals surface area contributed by atoms with Crippen molar-refractivity contribution in [3.05, 3.63) is 64.7 Å². The summed E-state index contributed by atoms with van der Waals surface area (Å²) < 4.78 is 5.75. The van der Waals surface area contributed by atoms with Gasteiger partial charge < -0.3 is 40.7 Å². The molecule has 4 aliphatic heterocycles. The summed E-state index contributed by atoms with van der Waals surface area (Å²) in [5.41, 5.74) is 2.11. The largest absolute Gasteiger partial charge is 0.461 e. The number of carbonyl (C=O) groups is 7. The van der Waals surface area contributed by atoms with Crippen LogP contribution in [0.4, 0.5) is 10.5 Å². The SMILES string of the molecule is Cc1cccc(C[C@H](NC(=O)Nc2ccc(Cl)cc2)C(=O)N[C@H]2COC(=O)[C@@H]3C[C@@H](C)CN3C(=O)[C@H](C)NC(=O)[C@@H]3CCCCN3C(=O)[C@@H]3CCCN3C2=O)c1. The summed E-state index contributed by atoms with van der Waals surface area (Å²) in [6.07, 6.45) is 2.97. The average molecular weight is 792 g/mol. The van der Waals surface area contributed by atoms with Crippen LogP contribution in [0.15, 0.2) is 48.5 Å². The van der Waals surface area contributed by atoms with Gasteiger partial charge in [0.1, 0.15) is 42.9 Å². The summed E-state index contributed by atoms with van der Waals surface area (Å²) >= 11 is 6.00. The number of cyclic esters (lactones) is 1. The van der Waals surface area contributed by atoms with Crippen molar-refractivity contribution in [1.82, 2.24) is 30.7 Å². The molecule has 2 aromatic rings. The number of rotatable bonds is 6. The van der Waals surface area contributed by atoms with Crippen LogP contribution in [0.25, 0.3) is 0 Å². The number of urea groups is 1. The maximum absolute atomic E-state index is 14.5. The highest BCUT2D eigenvalue weighted by Crippen LogP contribution is 2.28. The Kier molecular flexibility index (Phi) is 12.8. The minimum Gasteiger partial charge on any atom is -0.461 e. The quantitative estimate of drug-likeness (QED) is 0.322. The number of amides is 7. The molecule has 4 aliphatic rings. The lowest BCUT2D eigenvalue weighted by Crippen LogP contribution is -2.62. The highest BCUT2D eigenvalue weighted by Gasteiger charge is 2.46. The summed E-state index contributed by atoms with van der Waals surface area (Å²) in [7, 11) is 0.